The van der Waals surface area contributed by atoms with Crippen molar-refractivity contribution in [3.63, 3.8) is 0 Å². The van der Waals surface area contributed by atoms with Crippen molar-refractivity contribution in [2.45, 2.75) is 19.6 Å². The Kier molecular flexibility index (Phi) is 4.84. The van der Waals surface area contributed by atoms with E-state index < -0.39 is 0 Å². The van der Waals surface area contributed by atoms with Gasteiger partial charge in [-0.15, -0.1) is 11.3 Å². The lowest BCUT2D eigenvalue weighted by Gasteiger charge is -2.22. The van der Waals surface area contributed by atoms with E-state index in [1.165, 1.54) is 10.8 Å². The fourth-order valence-electron chi connectivity index (χ4n) is 2.93. The minimum Gasteiger partial charge on any atom is -0.467 e. The summed E-state index contributed by atoms with van der Waals surface area (Å²) < 4.78 is 6.87. The van der Waals surface area contributed by atoms with Crippen LogP contribution in [0, 0.1) is 0 Å². The van der Waals surface area contributed by atoms with Crippen molar-refractivity contribution in [2.75, 3.05) is 0 Å². The van der Waals surface area contributed by atoms with Crippen LogP contribution in [0.1, 0.15) is 10.6 Å². The van der Waals surface area contributed by atoms with Gasteiger partial charge in [-0.05, 0) is 35.7 Å². The first-order chi connectivity index (χ1) is 13.2. The molecule has 0 radical (unpaired) electrons. The number of benzene rings is 1. The van der Waals surface area contributed by atoms with Crippen molar-refractivity contribution < 1.29 is 9.21 Å². The van der Waals surface area contributed by atoms with Crippen LogP contribution in [0.3, 0.4) is 0 Å². The number of carbonyl (C=O) groups excluding carboxylic acids is 1. The molecule has 0 N–H and O–H groups in total. The lowest BCUT2D eigenvalue weighted by atomic mass is 10.3. The monoisotopic (exact) mass is 379 g/mol. The zero-order valence-electron chi connectivity index (χ0n) is 14.4. The number of fused-ring (bicyclic) bond motifs is 1. The number of thiophene rings is 1. The maximum Gasteiger partial charge on any atom is 0.269 e. The number of hydrogen-bond acceptors (Lipinski definition) is 5. The Balaban J connectivity index is 1.63. The lowest BCUT2D eigenvalue weighted by Crippen LogP contribution is -2.35. The SMILES string of the molecule is O=C(Cn1c(=O)cnc2ccccc21)N(Cc1ccco1)Cc1cccs1. The Labute approximate surface area is 159 Å². The van der Waals surface area contributed by atoms with E-state index in [-0.39, 0.29) is 18.0 Å². The quantitative estimate of drug-likeness (QED) is 0.516. The molecule has 6 nitrogen and oxygen atoms in total. The Morgan fingerprint density at radius 2 is 2.00 bits per heavy atom. The molecule has 0 unspecified atom stereocenters. The summed E-state index contributed by atoms with van der Waals surface area (Å²) in [7, 11) is 0. The molecular weight excluding hydrogens is 362 g/mol. The van der Waals surface area contributed by atoms with E-state index >= 15 is 0 Å². The van der Waals surface area contributed by atoms with E-state index in [1.807, 2.05) is 41.8 Å². The van der Waals surface area contributed by atoms with Gasteiger partial charge in [0, 0.05) is 4.88 Å². The number of aromatic nitrogens is 2. The van der Waals surface area contributed by atoms with E-state index in [1.54, 1.807) is 34.6 Å². The second-order valence-corrected chi connectivity index (χ2v) is 7.11. The maximum absolute atomic E-state index is 13.1. The number of para-hydroxylation sites is 2. The van der Waals surface area contributed by atoms with E-state index in [2.05, 4.69) is 4.98 Å². The average Bonchev–Trinajstić information content (AvgIpc) is 3.37. The summed E-state index contributed by atoms with van der Waals surface area (Å²) in [5, 5.41) is 1.98. The minimum atomic E-state index is -0.295. The molecule has 7 heteroatoms. The van der Waals surface area contributed by atoms with Gasteiger partial charge in [0.2, 0.25) is 5.91 Å². The Bertz CT molecular complexity index is 1060. The van der Waals surface area contributed by atoms with Crippen molar-refractivity contribution in [1.82, 2.24) is 14.5 Å². The molecule has 4 rings (SSSR count). The second kappa shape index (κ2) is 7.59. The molecule has 3 aromatic heterocycles. The Hall–Kier alpha value is -3.19. The molecule has 0 spiro atoms. The summed E-state index contributed by atoms with van der Waals surface area (Å²) in [5.41, 5.74) is 1.03. The molecule has 0 aliphatic heterocycles. The topological polar surface area (TPSA) is 68.3 Å². The number of nitrogens with zero attached hydrogens (tertiary/aromatic N) is 3. The summed E-state index contributed by atoms with van der Waals surface area (Å²) >= 11 is 1.59. The molecule has 27 heavy (non-hydrogen) atoms. The highest BCUT2D eigenvalue weighted by Crippen LogP contribution is 2.16. The van der Waals surface area contributed by atoms with Gasteiger partial charge < -0.3 is 9.32 Å². The van der Waals surface area contributed by atoms with Gasteiger partial charge in [-0.1, -0.05) is 18.2 Å². The van der Waals surface area contributed by atoms with Crippen LogP contribution < -0.4 is 5.56 Å². The molecule has 1 aromatic carbocycles. The summed E-state index contributed by atoms with van der Waals surface area (Å²) in [6.45, 7) is 0.768. The summed E-state index contributed by atoms with van der Waals surface area (Å²) in [6, 6.07) is 14.9. The van der Waals surface area contributed by atoms with Crippen molar-refractivity contribution in [3.8, 4) is 0 Å². The molecule has 3 heterocycles. The van der Waals surface area contributed by atoms with Gasteiger partial charge in [0.1, 0.15) is 12.3 Å². The smallest absolute Gasteiger partial charge is 0.269 e. The van der Waals surface area contributed by atoms with Crippen LogP contribution in [0.15, 0.2) is 75.6 Å². The largest absolute Gasteiger partial charge is 0.467 e. The molecule has 1 amide bonds. The zero-order valence-corrected chi connectivity index (χ0v) is 15.3. The van der Waals surface area contributed by atoms with Crippen molar-refractivity contribution >= 4 is 28.3 Å². The third-order valence-corrected chi connectivity index (χ3v) is 5.11. The number of hydrogen-bond donors (Lipinski definition) is 0. The predicted octanol–water partition coefficient (Wildman–Crippen LogP) is 3.28. The van der Waals surface area contributed by atoms with E-state index in [0.29, 0.717) is 29.9 Å². The Morgan fingerprint density at radius 1 is 1.11 bits per heavy atom. The molecule has 4 aromatic rings. The molecule has 136 valence electrons. The molecule has 0 fully saturated rings. The van der Waals surface area contributed by atoms with Crippen LogP contribution in [0.25, 0.3) is 11.0 Å². The van der Waals surface area contributed by atoms with Crippen LogP contribution >= 0.6 is 11.3 Å². The fraction of sp³-hybridized carbons (Fsp3) is 0.150. The predicted molar refractivity (Wildman–Crippen MR) is 103 cm³/mol. The first kappa shape index (κ1) is 17.2. The Morgan fingerprint density at radius 3 is 2.78 bits per heavy atom. The average molecular weight is 379 g/mol. The van der Waals surface area contributed by atoms with Crippen LogP contribution in [0.4, 0.5) is 0 Å². The molecular formula is C20H17N3O3S. The fourth-order valence-corrected chi connectivity index (χ4v) is 3.65. The van der Waals surface area contributed by atoms with Gasteiger partial charge in [-0.25, -0.2) is 4.98 Å². The van der Waals surface area contributed by atoms with Crippen LogP contribution in [0.5, 0.6) is 0 Å². The third kappa shape index (κ3) is 3.83. The number of carbonyl (C=O) groups is 1. The molecule has 0 aliphatic carbocycles. The van der Waals surface area contributed by atoms with Crippen LogP contribution in [-0.2, 0) is 24.4 Å². The molecule has 0 bridgehead atoms. The third-order valence-electron chi connectivity index (χ3n) is 4.25. The molecule has 0 saturated carbocycles. The van der Waals surface area contributed by atoms with Crippen molar-refractivity contribution in [3.05, 3.63) is 87.4 Å². The van der Waals surface area contributed by atoms with Crippen LogP contribution in [-0.4, -0.2) is 20.4 Å². The highest BCUT2D eigenvalue weighted by atomic mass is 32.1. The van der Waals surface area contributed by atoms with Gasteiger partial charge in [-0.2, -0.15) is 0 Å². The van der Waals surface area contributed by atoms with Crippen molar-refractivity contribution in [1.29, 1.82) is 0 Å². The van der Waals surface area contributed by atoms with Gasteiger partial charge in [-0.3, -0.25) is 14.2 Å². The van der Waals surface area contributed by atoms with E-state index in [4.69, 9.17) is 4.42 Å². The molecule has 0 saturated heterocycles. The van der Waals surface area contributed by atoms with Gasteiger partial charge in [0.15, 0.2) is 0 Å². The number of rotatable bonds is 6. The van der Waals surface area contributed by atoms with Gasteiger partial charge in [0.05, 0.1) is 36.6 Å². The molecule has 0 atom stereocenters. The van der Waals surface area contributed by atoms with Gasteiger partial charge >= 0.3 is 0 Å². The highest BCUT2D eigenvalue weighted by Gasteiger charge is 2.18. The number of amides is 1. The highest BCUT2D eigenvalue weighted by molar-refractivity contribution is 7.09. The van der Waals surface area contributed by atoms with Gasteiger partial charge in [0.25, 0.3) is 5.56 Å². The first-order valence-electron chi connectivity index (χ1n) is 8.48. The van der Waals surface area contributed by atoms with Crippen molar-refractivity contribution in [2.24, 2.45) is 0 Å². The van der Waals surface area contributed by atoms with E-state index in [0.717, 1.165) is 4.88 Å². The normalized spacial score (nSPS) is 11.0. The number of furan rings is 1. The summed E-state index contributed by atoms with van der Waals surface area (Å²) in [6.07, 6.45) is 2.84. The standard InChI is InChI=1S/C20H17N3O3S/c24-19-11-21-17-7-1-2-8-18(17)23(19)14-20(25)22(12-15-5-3-9-26-15)13-16-6-4-10-27-16/h1-11H,12-14H2. The molecule has 0 aliphatic rings. The van der Waals surface area contributed by atoms with Crippen LogP contribution in [0.2, 0.25) is 0 Å². The maximum atomic E-state index is 13.1. The zero-order chi connectivity index (χ0) is 18.6. The van der Waals surface area contributed by atoms with E-state index in [9.17, 15) is 9.59 Å². The lowest BCUT2D eigenvalue weighted by molar-refractivity contribution is -0.133. The summed E-state index contributed by atoms with van der Waals surface area (Å²) in [4.78, 5) is 32.3. The summed E-state index contributed by atoms with van der Waals surface area (Å²) in [5.74, 6) is 0.546. The first-order valence-corrected chi connectivity index (χ1v) is 9.36. The second-order valence-electron chi connectivity index (χ2n) is 6.08. The minimum absolute atomic E-state index is 0.0477.